The van der Waals surface area contributed by atoms with E-state index in [1.165, 1.54) is 0 Å². The molecule has 0 aliphatic heterocycles. The summed E-state index contributed by atoms with van der Waals surface area (Å²) < 4.78 is 22.8. The molecule has 1 amide bonds. The summed E-state index contributed by atoms with van der Waals surface area (Å²) in [5.41, 5.74) is 0.949. The minimum absolute atomic E-state index is 0.187. The van der Waals surface area contributed by atoms with Crippen molar-refractivity contribution >= 4 is 38.0 Å². The van der Waals surface area contributed by atoms with E-state index >= 15 is 0 Å². The van der Waals surface area contributed by atoms with Crippen LogP contribution in [0.25, 0.3) is 10.8 Å². The molecule has 2 N–H and O–H groups in total. The van der Waals surface area contributed by atoms with Gasteiger partial charge < -0.3 is 10.6 Å². The number of hydrogen-bond acceptors (Lipinski definition) is 5. The van der Waals surface area contributed by atoms with Crippen LogP contribution in [0.4, 0.5) is 5.69 Å². The van der Waals surface area contributed by atoms with Gasteiger partial charge in [0, 0.05) is 37.4 Å². The highest BCUT2D eigenvalue weighted by Crippen LogP contribution is 2.19. The molecular weight excluding hydrogens is 400 g/mol. The molecule has 30 heavy (non-hydrogen) atoms. The molecule has 0 spiro atoms. The summed E-state index contributed by atoms with van der Waals surface area (Å²) in [6.07, 6.45) is 5.54. The Labute approximate surface area is 179 Å². The Morgan fingerprint density at radius 1 is 1.00 bits per heavy atom. The van der Waals surface area contributed by atoms with Crippen LogP contribution in [-0.4, -0.2) is 44.7 Å². The first kappa shape index (κ1) is 23.9. The Bertz CT molecular complexity index is 957. The number of carbonyl (C=O) groups is 2. The van der Waals surface area contributed by atoms with Crippen LogP contribution in [0, 0.1) is 0 Å². The van der Waals surface area contributed by atoms with Crippen LogP contribution in [0.2, 0.25) is 0 Å². The molecule has 2 rings (SSSR count). The van der Waals surface area contributed by atoms with Crippen LogP contribution in [0.3, 0.4) is 0 Å². The molecule has 0 aliphatic rings. The first-order chi connectivity index (χ1) is 14.3. The predicted molar refractivity (Wildman–Crippen MR) is 122 cm³/mol. The third kappa shape index (κ3) is 8.95. The van der Waals surface area contributed by atoms with Gasteiger partial charge >= 0.3 is 0 Å². The van der Waals surface area contributed by atoms with Gasteiger partial charge in [0.25, 0.3) is 0 Å². The molecule has 0 bridgehead atoms. The second-order valence-corrected chi connectivity index (χ2v) is 9.91. The number of unbranched alkanes of at least 4 members (excludes halogenated alkanes) is 2. The molecular formula is C23H32N2O4S. The average molecular weight is 433 g/mol. The van der Waals surface area contributed by atoms with Gasteiger partial charge in [-0.25, -0.2) is 8.42 Å². The van der Waals surface area contributed by atoms with Crippen molar-refractivity contribution in [3.05, 3.63) is 42.5 Å². The number of anilines is 1. The van der Waals surface area contributed by atoms with E-state index in [2.05, 4.69) is 22.8 Å². The maximum absolute atomic E-state index is 12.1. The fraction of sp³-hybridized carbons (Fsp3) is 0.478. The largest absolute Gasteiger partial charge is 0.383 e. The van der Waals surface area contributed by atoms with Crippen LogP contribution in [0.5, 0.6) is 0 Å². The number of fused-ring (bicyclic) bond motifs is 1. The van der Waals surface area contributed by atoms with Gasteiger partial charge in [-0.3, -0.25) is 9.59 Å². The molecule has 1 atom stereocenters. The topological polar surface area (TPSA) is 92.3 Å². The number of nitrogens with one attached hydrogen (secondary N) is 2. The van der Waals surface area contributed by atoms with Gasteiger partial charge in [0.15, 0.2) is 9.84 Å². The first-order valence-electron chi connectivity index (χ1n) is 10.5. The van der Waals surface area contributed by atoms with E-state index < -0.39 is 21.5 Å². The number of ketones is 1. The van der Waals surface area contributed by atoms with Gasteiger partial charge in [-0.2, -0.15) is 0 Å². The quantitative estimate of drug-likeness (QED) is 0.471. The zero-order valence-electron chi connectivity index (χ0n) is 17.8. The summed E-state index contributed by atoms with van der Waals surface area (Å²) in [7, 11) is -3.37. The van der Waals surface area contributed by atoms with Crippen LogP contribution < -0.4 is 10.6 Å². The molecule has 0 fully saturated rings. The minimum Gasteiger partial charge on any atom is -0.383 e. The lowest BCUT2D eigenvalue weighted by molar-refractivity contribution is -0.119. The Morgan fingerprint density at radius 2 is 1.73 bits per heavy atom. The number of rotatable bonds is 13. The summed E-state index contributed by atoms with van der Waals surface area (Å²) >= 11 is 0. The van der Waals surface area contributed by atoms with E-state index in [9.17, 15) is 18.0 Å². The van der Waals surface area contributed by atoms with Crippen molar-refractivity contribution in [2.45, 2.75) is 51.5 Å². The molecule has 7 heteroatoms. The molecule has 2 aromatic carbocycles. The molecule has 0 aliphatic carbocycles. The fourth-order valence-corrected chi connectivity index (χ4v) is 3.90. The van der Waals surface area contributed by atoms with E-state index in [1.807, 2.05) is 37.3 Å². The highest BCUT2D eigenvalue weighted by Gasteiger charge is 2.16. The van der Waals surface area contributed by atoms with Crippen molar-refractivity contribution < 1.29 is 18.0 Å². The highest BCUT2D eigenvalue weighted by atomic mass is 32.2. The third-order valence-electron chi connectivity index (χ3n) is 4.96. The summed E-state index contributed by atoms with van der Waals surface area (Å²) in [4.78, 5) is 23.5. The number of amides is 1. The Morgan fingerprint density at radius 3 is 2.43 bits per heavy atom. The predicted octanol–water partition coefficient (Wildman–Crippen LogP) is 3.71. The smallest absolute Gasteiger partial charge is 0.235 e. The molecule has 2 aromatic rings. The number of sulfone groups is 1. The number of carbonyl (C=O) groups excluding carboxylic acids is 2. The minimum atomic E-state index is -3.37. The highest BCUT2D eigenvalue weighted by molar-refractivity contribution is 7.91. The maximum atomic E-state index is 12.1. The standard InChI is InChI=1S/C23H32N2O4S/c1-3-22(26)12-6-4-5-11-21(25-23(27)17-30(2,28)29)16-24-20-14-13-18-9-7-8-10-19(18)15-20/h7-10,13-15,21,24H,3-6,11-12,16-17H2,1-2H3,(H,25,27). The van der Waals surface area contributed by atoms with Crippen LogP contribution >= 0.6 is 0 Å². The normalized spacial score (nSPS) is 12.5. The SMILES string of the molecule is CCC(=O)CCCCCC(CNc1ccc2ccccc2c1)NC(=O)CS(C)(=O)=O. The molecule has 164 valence electrons. The van der Waals surface area contributed by atoms with Gasteiger partial charge in [-0.1, -0.05) is 50.1 Å². The number of Topliss-reactive ketones (excluding diaryl/α,β-unsaturated/α-hetero) is 1. The van der Waals surface area contributed by atoms with Crippen molar-refractivity contribution in [1.29, 1.82) is 0 Å². The van der Waals surface area contributed by atoms with E-state index in [-0.39, 0.29) is 11.8 Å². The van der Waals surface area contributed by atoms with Crippen LogP contribution in [0.15, 0.2) is 42.5 Å². The zero-order chi connectivity index (χ0) is 22.0. The monoisotopic (exact) mass is 432 g/mol. The van der Waals surface area contributed by atoms with E-state index in [1.54, 1.807) is 0 Å². The van der Waals surface area contributed by atoms with Gasteiger partial charge in [-0.15, -0.1) is 0 Å². The number of hydrogen-bond donors (Lipinski definition) is 2. The zero-order valence-corrected chi connectivity index (χ0v) is 18.6. The number of benzene rings is 2. The van der Waals surface area contributed by atoms with E-state index in [4.69, 9.17) is 0 Å². The summed E-state index contributed by atoms with van der Waals surface area (Å²) in [6, 6.07) is 14.0. The molecule has 0 saturated carbocycles. The second kappa shape index (κ2) is 11.7. The molecule has 0 radical (unpaired) electrons. The molecule has 0 heterocycles. The lowest BCUT2D eigenvalue weighted by atomic mass is 10.0. The van der Waals surface area contributed by atoms with Crippen molar-refractivity contribution in [2.24, 2.45) is 0 Å². The lowest BCUT2D eigenvalue weighted by Crippen LogP contribution is -2.42. The maximum Gasteiger partial charge on any atom is 0.235 e. The van der Waals surface area contributed by atoms with Gasteiger partial charge in [0.2, 0.25) is 5.91 Å². The summed E-state index contributed by atoms with van der Waals surface area (Å²) in [5, 5.41) is 8.48. The van der Waals surface area contributed by atoms with Crippen molar-refractivity contribution in [3.8, 4) is 0 Å². The molecule has 1 unspecified atom stereocenters. The molecule has 0 saturated heterocycles. The van der Waals surface area contributed by atoms with Crippen molar-refractivity contribution in [2.75, 3.05) is 23.9 Å². The summed E-state index contributed by atoms with van der Waals surface area (Å²) in [5.74, 6) is -0.722. The van der Waals surface area contributed by atoms with E-state index in [0.29, 0.717) is 19.4 Å². The fourth-order valence-electron chi connectivity index (χ4n) is 3.34. The second-order valence-electron chi connectivity index (χ2n) is 7.77. The molecule has 0 aromatic heterocycles. The van der Waals surface area contributed by atoms with Gasteiger partial charge in [0.05, 0.1) is 0 Å². The van der Waals surface area contributed by atoms with Crippen LogP contribution in [0.1, 0.15) is 45.4 Å². The molecule has 6 nitrogen and oxygen atoms in total. The van der Waals surface area contributed by atoms with Crippen molar-refractivity contribution in [3.63, 3.8) is 0 Å². The lowest BCUT2D eigenvalue weighted by Gasteiger charge is -2.20. The third-order valence-corrected chi connectivity index (χ3v) is 5.75. The van der Waals surface area contributed by atoms with Crippen LogP contribution in [-0.2, 0) is 19.4 Å². The average Bonchev–Trinajstić information content (AvgIpc) is 2.69. The summed E-state index contributed by atoms with van der Waals surface area (Å²) in [6.45, 7) is 2.37. The Balaban J connectivity index is 1.92. The van der Waals surface area contributed by atoms with Gasteiger partial charge in [0.1, 0.15) is 11.5 Å². The van der Waals surface area contributed by atoms with Gasteiger partial charge in [-0.05, 0) is 35.7 Å². The Hall–Kier alpha value is -2.41. The van der Waals surface area contributed by atoms with Crippen molar-refractivity contribution in [1.82, 2.24) is 5.32 Å². The first-order valence-corrected chi connectivity index (χ1v) is 12.5. The van der Waals surface area contributed by atoms with E-state index in [0.717, 1.165) is 48.4 Å². The Kier molecular flexibility index (Phi) is 9.30.